The molecule has 0 aromatic heterocycles. The molecule has 5 nitrogen and oxygen atoms in total. The van der Waals surface area contributed by atoms with Crippen LogP contribution in [-0.2, 0) is 23.8 Å². The number of hydrogen-bond acceptors (Lipinski definition) is 5. The molecule has 126 valence electrons. The van der Waals surface area contributed by atoms with Crippen LogP contribution in [-0.4, -0.2) is 36.9 Å². The molecule has 0 aromatic carbocycles. The van der Waals surface area contributed by atoms with E-state index in [4.69, 9.17) is 14.2 Å². The van der Waals surface area contributed by atoms with E-state index in [1.165, 1.54) is 39.5 Å². The highest BCUT2D eigenvalue weighted by atomic mass is 16.6. The number of esters is 2. The van der Waals surface area contributed by atoms with E-state index in [9.17, 15) is 9.59 Å². The lowest BCUT2D eigenvalue weighted by atomic mass is 10.0. The predicted molar refractivity (Wildman–Crippen MR) is 84.3 cm³/mol. The molecule has 0 bridgehead atoms. The van der Waals surface area contributed by atoms with Crippen LogP contribution in [0.3, 0.4) is 0 Å². The smallest absolute Gasteiger partial charge is 0.303 e. The van der Waals surface area contributed by atoms with Crippen LogP contribution >= 0.6 is 0 Å². The molecule has 23 heavy (non-hydrogen) atoms. The van der Waals surface area contributed by atoms with Gasteiger partial charge in [-0.3, -0.25) is 9.59 Å². The highest BCUT2D eigenvalue weighted by Gasteiger charge is 2.30. The third-order valence-corrected chi connectivity index (χ3v) is 4.03. The molecule has 1 saturated carbocycles. The third kappa shape index (κ3) is 6.07. The molecule has 0 N–H and O–H groups in total. The van der Waals surface area contributed by atoms with Crippen LogP contribution in [0.15, 0.2) is 12.2 Å². The lowest BCUT2D eigenvalue weighted by Crippen LogP contribution is -2.41. The summed E-state index contributed by atoms with van der Waals surface area (Å²) in [5, 5.41) is 0. The van der Waals surface area contributed by atoms with Gasteiger partial charge in [-0.05, 0) is 30.9 Å². The molecule has 1 aliphatic carbocycles. The van der Waals surface area contributed by atoms with E-state index in [0.717, 1.165) is 6.42 Å². The highest BCUT2D eigenvalue weighted by molar-refractivity contribution is 5.66. The topological polar surface area (TPSA) is 61.8 Å². The Bertz CT molecular complexity index is 507. The summed E-state index contributed by atoms with van der Waals surface area (Å²) in [4.78, 5) is 22.1. The number of ether oxygens (including phenoxy) is 3. The fourth-order valence-corrected chi connectivity index (χ4v) is 2.89. The fourth-order valence-electron chi connectivity index (χ4n) is 2.89. The normalized spacial score (nSPS) is 27.1. The average molecular weight is 320 g/mol. The van der Waals surface area contributed by atoms with E-state index < -0.39 is 24.1 Å². The number of carbonyl (C=O) groups excluding carboxylic acids is 2. The van der Waals surface area contributed by atoms with E-state index in [0.29, 0.717) is 5.92 Å². The minimum atomic E-state index is -0.556. The lowest BCUT2D eigenvalue weighted by Gasteiger charge is -2.29. The van der Waals surface area contributed by atoms with Crippen molar-refractivity contribution in [2.75, 3.05) is 6.61 Å². The Kier molecular flexibility index (Phi) is 6.66. The highest BCUT2D eigenvalue weighted by Crippen LogP contribution is 2.27. The lowest BCUT2D eigenvalue weighted by molar-refractivity contribution is -0.161. The first-order chi connectivity index (χ1) is 11.0. The van der Waals surface area contributed by atoms with Gasteiger partial charge in [-0.2, -0.15) is 0 Å². The molecule has 5 heteroatoms. The molecule has 0 saturated heterocycles. The number of rotatable bonds is 4. The minimum Gasteiger partial charge on any atom is -0.463 e. The van der Waals surface area contributed by atoms with E-state index in [-0.39, 0.29) is 12.7 Å². The molecule has 0 unspecified atom stereocenters. The Morgan fingerprint density at radius 2 is 1.91 bits per heavy atom. The van der Waals surface area contributed by atoms with Crippen molar-refractivity contribution in [3.05, 3.63) is 12.2 Å². The Balaban J connectivity index is 1.92. The maximum absolute atomic E-state index is 11.1. The maximum atomic E-state index is 11.1. The molecule has 2 aliphatic rings. The van der Waals surface area contributed by atoms with E-state index >= 15 is 0 Å². The average Bonchev–Trinajstić information content (AvgIpc) is 3.00. The summed E-state index contributed by atoms with van der Waals surface area (Å²) in [6.45, 7) is 2.71. The molecule has 3 atom stereocenters. The zero-order valence-electron chi connectivity index (χ0n) is 13.7. The molecular formula is C18H24O5. The third-order valence-electron chi connectivity index (χ3n) is 4.03. The van der Waals surface area contributed by atoms with Crippen LogP contribution in [0.25, 0.3) is 0 Å². The van der Waals surface area contributed by atoms with Crippen LogP contribution in [0.5, 0.6) is 0 Å². The van der Waals surface area contributed by atoms with Gasteiger partial charge in [0, 0.05) is 20.3 Å². The van der Waals surface area contributed by atoms with Crippen LogP contribution < -0.4 is 0 Å². The maximum Gasteiger partial charge on any atom is 0.303 e. The second-order valence-electron chi connectivity index (χ2n) is 6.03. The number of carbonyl (C=O) groups is 2. The first-order valence-electron chi connectivity index (χ1n) is 8.17. The molecule has 0 spiro atoms. The van der Waals surface area contributed by atoms with E-state index in [1.54, 1.807) is 12.2 Å². The SMILES string of the molecule is CC(=O)OC[C@H]1O[C@H](C#CCC2CCCC2)C=C[C@@H]1OC(C)=O. The quantitative estimate of drug-likeness (QED) is 0.452. The molecule has 2 rings (SSSR count). The van der Waals surface area contributed by atoms with Gasteiger partial charge in [-0.1, -0.05) is 24.7 Å². The first kappa shape index (κ1) is 17.6. The minimum absolute atomic E-state index is 0.0401. The zero-order valence-corrected chi connectivity index (χ0v) is 13.7. The molecule has 0 radical (unpaired) electrons. The second-order valence-corrected chi connectivity index (χ2v) is 6.03. The molecule has 0 amide bonds. The molecule has 0 aromatic rings. The summed E-state index contributed by atoms with van der Waals surface area (Å²) < 4.78 is 16.0. The second kappa shape index (κ2) is 8.73. The Morgan fingerprint density at radius 3 is 2.57 bits per heavy atom. The monoisotopic (exact) mass is 320 g/mol. The Morgan fingerprint density at radius 1 is 1.17 bits per heavy atom. The predicted octanol–water partition coefficient (Wildman–Crippen LogP) is 2.39. The standard InChI is InChI=1S/C18H24O5/c1-13(19)21-12-18-17(22-14(2)20)11-10-16(23-18)9-5-8-15-6-3-4-7-15/h10-11,15-18H,3-4,6-8,12H2,1-2H3/t16-,17+,18-/m1/s1. The summed E-state index contributed by atoms with van der Waals surface area (Å²) >= 11 is 0. The Labute approximate surface area is 137 Å². The van der Waals surface area contributed by atoms with Gasteiger partial charge in [0.25, 0.3) is 0 Å². The Hall–Kier alpha value is -1.80. The van der Waals surface area contributed by atoms with Gasteiger partial charge >= 0.3 is 11.9 Å². The van der Waals surface area contributed by atoms with Crippen LogP contribution in [0.2, 0.25) is 0 Å². The van der Waals surface area contributed by atoms with Crippen molar-refractivity contribution in [2.45, 2.75) is 64.3 Å². The van der Waals surface area contributed by atoms with Gasteiger partial charge in [-0.15, -0.1) is 0 Å². The van der Waals surface area contributed by atoms with Crippen molar-refractivity contribution < 1.29 is 23.8 Å². The van der Waals surface area contributed by atoms with Crippen LogP contribution in [0, 0.1) is 17.8 Å². The van der Waals surface area contributed by atoms with Gasteiger partial charge in [0.1, 0.15) is 24.9 Å². The summed E-state index contributed by atoms with van der Waals surface area (Å²) in [5.41, 5.74) is 0. The van der Waals surface area contributed by atoms with Crippen molar-refractivity contribution in [1.82, 2.24) is 0 Å². The van der Waals surface area contributed by atoms with E-state index in [2.05, 4.69) is 11.8 Å². The van der Waals surface area contributed by atoms with Crippen molar-refractivity contribution in [3.8, 4) is 11.8 Å². The van der Waals surface area contributed by atoms with Gasteiger partial charge in [0.15, 0.2) is 0 Å². The van der Waals surface area contributed by atoms with E-state index in [1.807, 2.05) is 0 Å². The largest absolute Gasteiger partial charge is 0.463 e. The summed E-state index contributed by atoms with van der Waals surface area (Å²) in [5.74, 6) is 6.21. The fraction of sp³-hybridized carbons (Fsp3) is 0.667. The van der Waals surface area contributed by atoms with Crippen LogP contribution in [0.4, 0.5) is 0 Å². The molecule has 1 fully saturated rings. The summed E-state index contributed by atoms with van der Waals surface area (Å²) in [6.07, 6.45) is 8.14. The summed E-state index contributed by atoms with van der Waals surface area (Å²) in [6, 6.07) is 0. The van der Waals surface area contributed by atoms with Gasteiger partial charge in [0.05, 0.1) is 0 Å². The van der Waals surface area contributed by atoms with Crippen molar-refractivity contribution in [1.29, 1.82) is 0 Å². The van der Waals surface area contributed by atoms with Gasteiger partial charge in [0.2, 0.25) is 0 Å². The van der Waals surface area contributed by atoms with Crippen molar-refractivity contribution in [3.63, 3.8) is 0 Å². The first-order valence-corrected chi connectivity index (χ1v) is 8.17. The van der Waals surface area contributed by atoms with Crippen LogP contribution in [0.1, 0.15) is 46.0 Å². The van der Waals surface area contributed by atoms with Gasteiger partial charge in [-0.25, -0.2) is 0 Å². The van der Waals surface area contributed by atoms with Crippen molar-refractivity contribution in [2.24, 2.45) is 5.92 Å². The number of hydrogen-bond donors (Lipinski definition) is 0. The molecular weight excluding hydrogens is 296 g/mol. The summed E-state index contributed by atoms with van der Waals surface area (Å²) in [7, 11) is 0. The van der Waals surface area contributed by atoms with Crippen molar-refractivity contribution >= 4 is 11.9 Å². The molecule has 1 aliphatic heterocycles. The molecule has 1 heterocycles. The van der Waals surface area contributed by atoms with Gasteiger partial charge < -0.3 is 14.2 Å². The zero-order chi connectivity index (χ0) is 16.7.